The van der Waals surface area contributed by atoms with Crippen molar-refractivity contribution in [3.05, 3.63) is 71.3 Å². The molecular formula is C22H29N3O2. The molecule has 0 spiro atoms. The number of nitrogens with one attached hydrogen (secondary N) is 3. The van der Waals surface area contributed by atoms with Crippen LogP contribution in [0.4, 0.5) is 4.79 Å². The van der Waals surface area contributed by atoms with Crippen molar-refractivity contribution in [3.63, 3.8) is 0 Å². The van der Waals surface area contributed by atoms with E-state index in [1.165, 1.54) is 5.56 Å². The van der Waals surface area contributed by atoms with Crippen molar-refractivity contribution >= 4 is 11.9 Å². The molecule has 0 aliphatic carbocycles. The minimum atomic E-state index is -0.361. The van der Waals surface area contributed by atoms with Gasteiger partial charge in [0.2, 0.25) is 5.91 Å². The van der Waals surface area contributed by atoms with Gasteiger partial charge in [-0.15, -0.1) is 0 Å². The van der Waals surface area contributed by atoms with Crippen molar-refractivity contribution in [3.8, 4) is 0 Å². The van der Waals surface area contributed by atoms with Crippen LogP contribution in [0.2, 0.25) is 0 Å². The minimum Gasteiger partial charge on any atom is -0.348 e. The molecule has 1 atom stereocenters. The largest absolute Gasteiger partial charge is 0.348 e. The summed E-state index contributed by atoms with van der Waals surface area (Å²) < 4.78 is 0. The minimum absolute atomic E-state index is 0.0591. The van der Waals surface area contributed by atoms with Crippen LogP contribution in [-0.2, 0) is 17.8 Å². The van der Waals surface area contributed by atoms with Gasteiger partial charge in [0.1, 0.15) is 0 Å². The number of amides is 3. The van der Waals surface area contributed by atoms with Crippen LogP contribution in [0.15, 0.2) is 54.6 Å². The molecule has 144 valence electrons. The number of carbonyl (C=O) groups is 2. The highest BCUT2D eigenvalue weighted by molar-refractivity contribution is 5.84. The Morgan fingerprint density at radius 1 is 0.852 bits per heavy atom. The summed E-state index contributed by atoms with van der Waals surface area (Å²) in [6.45, 7) is 6.69. The maximum Gasteiger partial charge on any atom is 0.315 e. The Morgan fingerprint density at radius 3 is 2.15 bits per heavy atom. The summed E-state index contributed by atoms with van der Waals surface area (Å²) in [6, 6.07) is 17.4. The van der Waals surface area contributed by atoms with Crippen molar-refractivity contribution in [2.24, 2.45) is 5.92 Å². The highest BCUT2D eigenvalue weighted by atomic mass is 16.2. The molecule has 27 heavy (non-hydrogen) atoms. The SMILES string of the molecule is CC(C)Cc1ccc(C(C)NC(=O)CNC(=O)NCc2ccccc2)cc1. The van der Waals surface area contributed by atoms with Crippen molar-refractivity contribution < 1.29 is 9.59 Å². The van der Waals surface area contributed by atoms with E-state index >= 15 is 0 Å². The zero-order chi connectivity index (χ0) is 19.6. The lowest BCUT2D eigenvalue weighted by atomic mass is 10.00. The van der Waals surface area contributed by atoms with Gasteiger partial charge in [0.05, 0.1) is 12.6 Å². The topological polar surface area (TPSA) is 70.2 Å². The third-order valence-electron chi connectivity index (χ3n) is 4.21. The van der Waals surface area contributed by atoms with E-state index in [4.69, 9.17) is 0 Å². The summed E-state index contributed by atoms with van der Waals surface area (Å²) in [5.74, 6) is 0.399. The van der Waals surface area contributed by atoms with Gasteiger partial charge in [-0.25, -0.2) is 4.79 Å². The molecule has 0 aliphatic rings. The van der Waals surface area contributed by atoms with Gasteiger partial charge < -0.3 is 16.0 Å². The van der Waals surface area contributed by atoms with Gasteiger partial charge in [0.25, 0.3) is 0 Å². The van der Waals surface area contributed by atoms with Crippen LogP contribution in [0.25, 0.3) is 0 Å². The lowest BCUT2D eigenvalue weighted by molar-refractivity contribution is -0.120. The predicted octanol–water partition coefficient (Wildman–Crippen LogP) is 3.56. The van der Waals surface area contributed by atoms with E-state index in [1.54, 1.807) is 0 Å². The van der Waals surface area contributed by atoms with E-state index in [1.807, 2.05) is 49.4 Å². The van der Waals surface area contributed by atoms with Crippen LogP contribution >= 0.6 is 0 Å². The van der Waals surface area contributed by atoms with Gasteiger partial charge in [-0.3, -0.25) is 4.79 Å². The summed E-state index contributed by atoms with van der Waals surface area (Å²) in [5.41, 5.74) is 3.35. The molecule has 5 heteroatoms. The summed E-state index contributed by atoms with van der Waals surface area (Å²) in [7, 11) is 0. The fourth-order valence-corrected chi connectivity index (χ4v) is 2.79. The highest BCUT2D eigenvalue weighted by Gasteiger charge is 2.11. The fraction of sp³-hybridized carbons (Fsp3) is 0.364. The second-order valence-corrected chi connectivity index (χ2v) is 7.15. The second kappa shape index (κ2) is 10.4. The first kappa shape index (κ1) is 20.5. The normalized spacial score (nSPS) is 11.7. The Kier molecular flexibility index (Phi) is 7.86. The standard InChI is InChI=1S/C22H29N3O2/c1-16(2)13-18-9-11-20(12-10-18)17(3)25-21(26)15-24-22(27)23-14-19-7-5-4-6-8-19/h4-12,16-17H,13-15H2,1-3H3,(H,25,26)(H2,23,24,27). The maximum atomic E-state index is 12.1. The predicted molar refractivity (Wildman–Crippen MR) is 108 cm³/mol. The Hall–Kier alpha value is -2.82. The van der Waals surface area contributed by atoms with Gasteiger partial charge in [0, 0.05) is 6.54 Å². The Labute approximate surface area is 161 Å². The molecule has 2 aromatic rings. The molecule has 0 radical (unpaired) electrons. The van der Waals surface area contributed by atoms with Gasteiger partial charge >= 0.3 is 6.03 Å². The lowest BCUT2D eigenvalue weighted by Gasteiger charge is -2.16. The van der Waals surface area contributed by atoms with Crippen molar-refractivity contribution in [1.29, 1.82) is 0 Å². The molecule has 2 aromatic carbocycles. The molecule has 5 nitrogen and oxygen atoms in total. The monoisotopic (exact) mass is 367 g/mol. The molecule has 2 rings (SSSR count). The quantitative estimate of drug-likeness (QED) is 0.668. The molecule has 0 saturated heterocycles. The third kappa shape index (κ3) is 7.52. The molecule has 0 fully saturated rings. The van der Waals surface area contributed by atoms with Gasteiger partial charge in [-0.2, -0.15) is 0 Å². The van der Waals surface area contributed by atoms with Crippen molar-refractivity contribution in [2.45, 2.75) is 39.8 Å². The van der Waals surface area contributed by atoms with E-state index in [0.29, 0.717) is 12.5 Å². The summed E-state index contributed by atoms with van der Waals surface area (Å²) in [5, 5.41) is 8.21. The number of rotatable bonds is 8. The van der Waals surface area contributed by atoms with Crippen LogP contribution in [0, 0.1) is 5.92 Å². The number of hydrogen-bond acceptors (Lipinski definition) is 2. The first-order valence-corrected chi connectivity index (χ1v) is 9.38. The number of hydrogen-bond donors (Lipinski definition) is 3. The molecule has 0 aromatic heterocycles. The first-order valence-electron chi connectivity index (χ1n) is 9.38. The van der Waals surface area contributed by atoms with Crippen LogP contribution in [-0.4, -0.2) is 18.5 Å². The Bertz CT molecular complexity index is 727. The van der Waals surface area contributed by atoms with Crippen LogP contribution in [0.3, 0.4) is 0 Å². The molecule has 0 bridgehead atoms. The van der Waals surface area contributed by atoms with Gasteiger partial charge in [0.15, 0.2) is 0 Å². The molecule has 0 saturated carbocycles. The first-order chi connectivity index (χ1) is 12.9. The van der Waals surface area contributed by atoms with E-state index in [-0.39, 0.29) is 24.5 Å². The van der Waals surface area contributed by atoms with E-state index in [0.717, 1.165) is 17.5 Å². The average Bonchev–Trinajstić information content (AvgIpc) is 2.65. The smallest absolute Gasteiger partial charge is 0.315 e. The molecule has 1 unspecified atom stereocenters. The number of benzene rings is 2. The fourth-order valence-electron chi connectivity index (χ4n) is 2.79. The van der Waals surface area contributed by atoms with Crippen LogP contribution < -0.4 is 16.0 Å². The number of carbonyl (C=O) groups excluding carboxylic acids is 2. The summed E-state index contributed by atoms with van der Waals surface area (Å²) >= 11 is 0. The van der Waals surface area contributed by atoms with Crippen LogP contribution in [0.5, 0.6) is 0 Å². The zero-order valence-corrected chi connectivity index (χ0v) is 16.3. The Morgan fingerprint density at radius 2 is 1.52 bits per heavy atom. The van der Waals surface area contributed by atoms with Gasteiger partial charge in [-0.1, -0.05) is 68.4 Å². The molecule has 3 N–H and O–H groups in total. The van der Waals surface area contributed by atoms with E-state index in [9.17, 15) is 9.59 Å². The lowest BCUT2D eigenvalue weighted by Crippen LogP contribution is -2.42. The summed E-state index contributed by atoms with van der Waals surface area (Å²) in [4.78, 5) is 23.9. The molecular weight excluding hydrogens is 338 g/mol. The molecule has 3 amide bonds. The van der Waals surface area contributed by atoms with Gasteiger partial charge in [-0.05, 0) is 36.0 Å². The average molecular weight is 367 g/mol. The second-order valence-electron chi connectivity index (χ2n) is 7.15. The van der Waals surface area contributed by atoms with Crippen molar-refractivity contribution in [1.82, 2.24) is 16.0 Å². The van der Waals surface area contributed by atoms with Crippen molar-refractivity contribution in [2.75, 3.05) is 6.54 Å². The zero-order valence-electron chi connectivity index (χ0n) is 16.3. The highest BCUT2D eigenvalue weighted by Crippen LogP contribution is 2.15. The molecule has 0 aliphatic heterocycles. The van der Waals surface area contributed by atoms with Crippen LogP contribution in [0.1, 0.15) is 43.5 Å². The maximum absolute atomic E-state index is 12.1. The van der Waals surface area contributed by atoms with E-state index < -0.39 is 0 Å². The summed E-state index contributed by atoms with van der Waals surface area (Å²) in [6.07, 6.45) is 1.04. The van der Waals surface area contributed by atoms with E-state index in [2.05, 4.69) is 41.9 Å². The third-order valence-corrected chi connectivity index (χ3v) is 4.21. The number of urea groups is 1. The Balaban J connectivity index is 1.72. The molecule has 0 heterocycles.